The van der Waals surface area contributed by atoms with Crippen LogP contribution in [0.4, 0.5) is 5.69 Å². The van der Waals surface area contributed by atoms with Crippen molar-refractivity contribution >= 4 is 15.7 Å². The Morgan fingerprint density at radius 3 is 2.46 bits per heavy atom. The van der Waals surface area contributed by atoms with E-state index in [1.165, 1.54) is 16.9 Å². The zero-order valence-electron chi connectivity index (χ0n) is 13.1. The van der Waals surface area contributed by atoms with Crippen LogP contribution in [0, 0.1) is 13.8 Å². The highest BCUT2D eigenvalue weighted by atomic mass is 32.2. The molecule has 0 aliphatic heterocycles. The summed E-state index contributed by atoms with van der Waals surface area (Å²) in [6.45, 7) is 3.50. The highest BCUT2D eigenvalue weighted by Gasteiger charge is 2.16. The first kappa shape index (κ1) is 16.0. The lowest BCUT2D eigenvalue weighted by molar-refractivity contribution is 0.600. The zero-order valence-corrected chi connectivity index (χ0v) is 14.0. The van der Waals surface area contributed by atoms with Crippen LogP contribution in [0.2, 0.25) is 0 Å². The van der Waals surface area contributed by atoms with Crippen molar-refractivity contribution in [3.8, 4) is 5.82 Å². The average molecular weight is 344 g/mol. The van der Waals surface area contributed by atoms with E-state index in [4.69, 9.17) is 0 Å². The first-order valence-corrected chi connectivity index (χ1v) is 8.69. The van der Waals surface area contributed by atoms with Gasteiger partial charge in [0, 0.05) is 11.8 Å². The van der Waals surface area contributed by atoms with Crippen molar-refractivity contribution in [2.45, 2.75) is 18.7 Å². The molecule has 1 aromatic carbocycles. The lowest BCUT2D eigenvalue weighted by Gasteiger charge is -2.10. The molecule has 3 rings (SSSR count). The van der Waals surface area contributed by atoms with E-state index in [1.807, 2.05) is 0 Å². The summed E-state index contributed by atoms with van der Waals surface area (Å²) in [6, 6.07) is 11.3. The van der Waals surface area contributed by atoms with Gasteiger partial charge in [-0.3, -0.25) is 14.6 Å². The minimum atomic E-state index is -3.69. The van der Waals surface area contributed by atoms with Crippen molar-refractivity contribution in [1.29, 1.82) is 0 Å². The van der Waals surface area contributed by atoms with Crippen molar-refractivity contribution in [3.05, 3.63) is 70.3 Å². The van der Waals surface area contributed by atoms with Gasteiger partial charge in [-0.2, -0.15) is 0 Å². The number of aromatic nitrogens is 3. The summed E-state index contributed by atoms with van der Waals surface area (Å²) >= 11 is 0. The van der Waals surface area contributed by atoms with Gasteiger partial charge < -0.3 is 0 Å². The second-order valence-corrected chi connectivity index (χ2v) is 7.04. The molecule has 0 atom stereocenters. The van der Waals surface area contributed by atoms with Gasteiger partial charge in [0.2, 0.25) is 0 Å². The molecule has 7 nitrogen and oxygen atoms in total. The molecule has 124 valence electrons. The largest absolute Gasteiger partial charge is 0.294 e. The minimum Gasteiger partial charge on any atom is -0.294 e. The number of nitrogens with zero attached hydrogens (tertiary/aromatic N) is 2. The van der Waals surface area contributed by atoms with Crippen LogP contribution in [0.3, 0.4) is 0 Å². The van der Waals surface area contributed by atoms with E-state index in [2.05, 4.69) is 14.8 Å². The Morgan fingerprint density at radius 2 is 1.88 bits per heavy atom. The predicted molar refractivity (Wildman–Crippen MR) is 90.9 cm³/mol. The van der Waals surface area contributed by atoms with E-state index in [0.29, 0.717) is 22.8 Å². The number of pyridine rings is 1. The second kappa shape index (κ2) is 5.97. The lowest BCUT2D eigenvalue weighted by Crippen LogP contribution is -2.16. The Kier molecular flexibility index (Phi) is 3.98. The fourth-order valence-corrected chi connectivity index (χ4v) is 3.62. The molecule has 0 saturated heterocycles. The second-order valence-electron chi connectivity index (χ2n) is 5.39. The molecule has 2 heterocycles. The highest BCUT2D eigenvalue weighted by Crippen LogP contribution is 2.18. The van der Waals surface area contributed by atoms with Crippen LogP contribution >= 0.6 is 0 Å². The van der Waals surface area contributed by atoms with Gasteiger partial charge in [-0.15, -0.1) is 0 Å². The lowest BCUT2D eigenvalue weighted by atomic mass is 10.2. The number of nitrogens with one attached hydrogen (secondary N) is 2. The molecule has 0 aliphatic carbocycles. The Labute approximate surface area is 139 Å². The van der Waals surface area contributed by atoms with Crippen LogP contribution < -0.4 is 10.3 Å². The van der Waals surface area contributed by atoms with Gasteiger partial charge in [-0.1, -0.05) is 18.2 Å². The molecule has 0 radical (unpaired) electrons. The Morgan fingerprint density at radius 1 is 1.12 bits per heavy atom. The third-order valence-corrected chi connectivity index (χ3v) is 5.00. The van der Waals surface area contributed by atoms with Crippen molar-refractivity contribution in [2.24, 2.45) is 0 Å². The Bertz CT molecular complexity index is 1030. The highest BCUT2D eigenvalue weighted by molar-refractivity contribution is 7.92. The minimum absolute atomic E-state index is 0.213. The molecule has 8 heteroatoms. The van der Waals surface area contributed by atoms with E-state index < -0.39 is 10.0 Å². The van der Waals surface area contributed by atoms with Gasteiger partial charge >= 0.3 is 0 Å². The first-order valence-electron chi connectivity index (χ1n) is 7.20. The normalized spacial score (nSPS) is 11.4. The van der Waals surface area contributed by atoms with Gasteiger partial charge in [0.25, 0.3) is 15.6 Å². The van der Waals surface area contributed by atoms with Gasteiger partial charge in [0.1, 0.15) is 0 Å². The van der Waals surface area contributed by atoms with Crippen molar-refractivity contribution in [1.82, 2.24) is 14.8 Å². The molecule has 0 aliphatic rings. The molecular formula is C16H16N4O3S. The summed E-state index contributed by atoms with van der Waals surface area (Å²) in [5.74, 6) is 0.381. The smallest absolute Gasteiger partial charge is 0.272 e. The maximum atomic E-state index is 12.4. The molecule has 2 N–H and O–H groups in total. The zero-order chi connectivity index (χ0) is 17.3. The van der Waals surface area contributed by atoms with E-state index in [0.717, 1.165) is 0 Å². The molecule has 0 unspecified atom stereocenters. The quantitative estimate of drug-likeness (QED) is 0.756. The summed E-state index contributed by atoms with van der Waals surface area (Å²) in [7, 11) is -3.69. The Hall–Kier alpha value is -2.87. The molecule has 0 bridgehead atoms. The van der Waals surface area contributed by atoms with Crippen LogP contribution in [0.5, 0.6) is 0 Å². The standard InChI is InChI=1S/C16H16N4O3S/c1-11-5-3-4-6-14(11)24(22,23)19-13-7-8-15(17-10-13)20-16(21)9-12(2)18-20/h3-10,18-19H,1-2H3. The maximum absolute atomic E-state index is 12.4. The van der Waals surface area contributed by atoms with Gasteiger partial charge in [-0.25, -0.2) is 18.1 Å². The molecule has 0 spiro atoms. The van der Waals surface area contributed by atoms with Crippen molar-refractivity contribution < 1.29 is 8.42 Å². The van der Waals surface area contributed by atoms with E-state index in [-0.39, 0.29) is 10.5 Å². The fourth-order valence-electron chi connectivity index (χ4n) is 2.33. The summed E-state index contributed by atoms with van der Waals surface area (Å²) in [6.07, 6.45) is 1.37. The molecule has 24 heavy (non-hydrogen) atoms. The molecule has 3 aromatic rings. The molecule has 2 aromatic heterocycles. The predicted octanol–water partition coefficient (Wildman–Crippen LogP) is 1.98. The Balaban J connectivity index is 1.88. The monoisotopic (exact) mass is 344 g/mol. The van der Waals surface area contributed by atoms with Crippen LogP contribution in [-0.4, -0.2) is 23.2 Å². The number of aromatic amines is 1. The fraction of sp³-hybridized carbons (Fsp3) is 0.125. The number of anilines is 1. The maximum Gasteiger partial charge on any atom is 0.272 e. The third kappa shape index (κ3) is 3.09. The van der Waals surface area contributed by atoms with Crippen LogP contribution in [0.1, 0.15) is 11.3 Å². The number of benzene rings is 1. The molecule has 0 saturated carbocycles. The van der Waals surface area contributed by atoms with E-state index in [9.17, 15) is 13.2 Å². The van der Waals surface area contributed by atoms with Gasteiger partial charge in [0.15, 0.2) is 5.82 Å². The molecular weight excluding hydrogens is 328 g/mol. The van der Waals surface area contributed by atoms with E-state index >= 15 is 0 Å². The topological polar surface area (TPSA) is 96.8 Å². The first-order chi connectivity index (χ1) is 11.4. The number of aryl methyl sites for hydroxylation is 2. The number of H-pyrrole nitrogens is 1. The van der Waals surface area contributed by atoms with Crippen molar-refractivity contribution in [3.63, 3.8) is 0 Å². The third-order valence-electron chi connectivity index (χ3n) is 3.46. The number of hydrogen-bond donors (Lipinski definition) is 2. The van der Waals surface area contributed by atoms with Crippen LogP contribution in [0.25, 0.3) is 5.82 Å². The summed E-state index contributed by atoms with van der Waals surface area (Å²) in [5, 5.41) is 2.86. The summed E-state index contributed by atoms with van der Waals surface area (Å²) in [4.78, 5) is 16.1. The van der Waals surface area contributed by atoms with Gasteiger partial charge in [0.05, 0.1) is 16.8 Å². The SMILES string of the molecule is Cc1cc(=O)n(-c2ccc(NS(=O)(=O)c3ccccc3C)cn2)[nH]1. The molecule has 0 amide bonds. The summed E-state index contributed by atoms with van der Waals surface area (Å²) < 4.78 is 28.6. The van der Waals surface area contributed by atoms with Gasteiger partial charge in [-0.05, 0) is 37.6 Å². The van der Waals surface area contributed by atoms with Crippen molar-refractivity contribution in [2.75, 3.05) is 4.72 Å². The summed E-state index contributed by atoms with van der Waals surface area (Å²) in [5.41, 5.74) is 1.46. The van der Waals surface area contributed by atoms with Crippen LogP contribution in [-0.2, 0) is 10.0 Å². The number of sulfonamides is 1. The molecule has 0 fully saturated rings. The number of hydrogen-bond acceptors (Lipinski definition) is 4. The van der Waals surface area contributed by atoms with Crippen LogP contribution in [0.15, 0.2) is 58.4 Å². The number of rotatable bonds is 4. The average Bonchev–Trinajstić information content (AvgIpc) is 2.86. The van der Waals surface area contributed by atoms with E-state index in [1.54, 1.807) is 50.2 Å².